The lowest BCUT2D eigenvalue weighted by Crippen LogP contribution is -2.28. The van der Waals surface area contributed by atoms with Crippen LogP contribution in [-0.4, -0.2) is 38.0 Å². The first-order chi connectivity index (χ1) is 10.6. The second-order valence-electron chi connectivity index (χ2n) is 5.35. The molecule has 1 aliphatic rings. The molecule has 6 heteroatoms. The molecule has 1 unspecified atom stereocenters. The van der Waals surface area contributed by atoms with E-state index in [1.165, 1.54) is 18.2 Å². The fourth-order valence-electron chi connectivity index (χ4n) is 2.65. The smallest absolute Gasteiger partial charge is 0.307 e. The molecule has 1 aromatic carbocycles. The molecule has 118 valence electrons. The maximum absolute atomic E-state index is 11.8. The summed E-state index contributed by atoms with van der Waals surface area (Å²) in [6.07, 6.45) is 2.81. The molecule has 1 aromatic rings. The highest BCUT2D eigenvalue weighted by Crippen LogP contribution is 2.23. The number of ether oxygens (including phenoxy) is 1. The summed E-state index contributed by atoms with van der Waals surface area (Å²) in [5.41, 5.74) is 3.33. The average Bonchev–Trinajstić information content (AvgIpc) is 2.89. The molecular formula is C16H20N2O4. The summed E-state index contributed by atoms with van der Waals surface area (Å²) in [7, 11) is 1.32. The molecule has 0 aromatic heterocycles. The Morgan fingerprint density at radius 2 is 2.09 bits per heavy atom. The van der Waals surface area contributed by atoms with Gasteiger partial charge < -0.3 is 15.4 Å². The predicted molar refractivity (Wildman–Crippen MR) is 80.2 cm³/mol. The Morgan fingerprint density at radius 1 is 1.32 bits per heavy atom. The van der Waals surface area contributed by atoms with Crippen LogP contribution in [0.15, 0.2) is 18.2 Å². The van der Waals surface area contributed by atoms with Crippen molar-refractivity contribution < 1.29 is 19.1 Å². The quantitative estimate of drug-likeness (QED) is 0.553. The molecule has 0 radical (unpaired) electrons. The van der Waals surface area contributed by atoms with Crippen LogP contribution in [0, 0.1) is 0 Å². The highest BCUT2D eigenvalue weighted by Gasteiger charge is 2.21. The van der Waals surface area contributed by atoms with Crippen LogP contribution in [0.2, 0.25) is 0 Å². The van der Waals surface area contributed by atoms with E-state index in [1.54, 1.807) is 0 Å². The van der Waals surface area contributed by atoms with Crippen molar-refractivity contribution >= 4 is 18.3 Å². The summed E-state index contributed by atoms with van der Waals surface area (Å²) in [4.78, 5) is 33.3. The zero-order valence-corrected chi connectivity index (χ0v) is 12.6. The SMILES string of the molecule is COC(=O)CCNC(=O)Cc1ccc2c(c1)CC(NC=O)C2. The predicted octanol–water partition coefficient (Wildman–Crippen LogP) is 0.122. The molecule has 2 amide bonds. The standard InChI is InChI=1S/C16H20N2O4/c1-22-16(21)4-5-17-15(20)7-11-2-3-12-8-14(18-10-19)9-13(12)6-11/h2-3,6,10,14H,4-5,7-9H2,1H3,(H,17,20)(H,18,19). The van der Waals surface area contributed by atoms with Gasteiger partial charge in [-0.2, -0.15) is 0 Å². The van der Waals surface area contributed by atoms with Crippen LogP contribution in [0.4, 0.5) is 0 Å². The van der Waals surface area contributed by atoms with E-state index in [0.29, 0.717) is 0 Å². The third-order valence-corrected chi connectivity index (χ3v) is 3.75. The lowest BCUT2D eigenvalue weighted by atomic mass is 10.0. The van der Waals surface area contributed by atoms with Crippen molar-refractivity contribution in [2.45, 2.75) is 31.7 Å². The van der Waals surface area contributed by atoms with Crippen LogP contribution in [0.25, 0.3) is 0 Å². The second kappa shape index (κ2) is 7.59. The van der Waals surface area contributed by atoms with Gasteiger partial charge >= 0.3 is 5.97 Å². The van der Waals surface area contributed by atoms with Gasteiger partial charge in [-0.15, -0.1) is 0 Å². The molecule has 0 heterocycles. The van der Waals surface area contributed by atoms with E-state index in [0.717, 1.165) is 24.8 Å². The molecular weight excluding hydrogens is 284 g/mol. The minimum absolute atomic E-state index is 0.121. The van der Waals surface area contributed by atoms with Gasteiger partial charge in [-0.25, -0.2) is 0 Å². The highest BCUT2D eigenvalue weighted by molar-refractivity contribution is 5.79. The first kappa shape index (κ1) is 16.0. The molecule has 0 spiro atoms. The van der Waals surface area contributed by atoms with Crippen molar-refractivity contribution in [3.05, 3.63) is 34.9 Å². The van der Waals surface area contributed by atoms with Crippen molar-refractivity contribution in [3.8, 4) is 0 Å². The molecule has 0 saturated carbocycles. The average molecular weight is 304 g/mol. The third-order valence-electron chi connectivity index (χ3n) is 3.75. The highest BCUT2D eigenvalue weighted by atomic mass is 16.5. The van der Waals surface area contributed by atoms with Crippen LogP contribution in [-0.2, 0) is 38.4 Å². The van der Waals surface area contributed by atoms with Crippen LogP contribution in [0.5, 0.6) is 0 Å². The van der Waals surface area contributed by atoms with Crippen LogP contribution in [0.3, 0.4) is 0 Å². The molecule has 2 N–H and O–H groups in total. The lowest BCUT2D eigenvalue weighted by molar-refractivity contribution is -0.140. The number of nitrogens with one attached hydrogen (secondary N) is 2. The van der Waals surface area contributed by atoms with E-state index < -0.39 is 0 Å². The molecule has 0 saturated heterocycles. The number of benzene rings is 1. The number of carbonyl (C=O) groups excluding carboxylic acids is 3. The van der Waals surface area contributed by atoms with E-state index in [2.05, 4.69) is 15.4 Å². The first-order valence-electron chi connectivity index (χ1n) is 7.26. The van der Waals surface area contributed by atoms with Crippen LogP contribution < -0.4 is 10.6 Å². The number of amides is 2. The number of fused-ring (bicyclic) bond motifs is 1. The number of hydrogen-bond donors (Lipinski definition) is 2. The molecule has 0 bridgehead atoms. The van der Waals surface area contributed by atoms with E-state index >= 15 is 0 Å². The fraction of sp³-hybridized carbons (Fsp3) is 0.438. The van der Waals surface area contributed by atoms with Crippen molar-refractivity contribution in [1.29, 1.82) is 0 Å². The summed E-state index contributed by atoms with van der Waals surface area (Å²) < 4.78 is 4.51. The number of carbonyl (C=O) groups is 3. The molecule has 22 heavy (non-hydrogen) atoms. The van der Waals surface area contributed by atoms with E-state index in [4.69, 9.17) is 0 Å². The summed E-state index contributed by atoms with van der Waals surface area (Å²) in [5, 5.41) is 5.49. The van der Waals surface area contributed by atoms with Gasteiger partial charge in [-0.3, -0.25) is 14.4 Å². The molecule has 1 atom stereocenters. The summed E-state index contributed by atoms with van der Waals surface area (Å²) in [5.74, 6) is -0.462. The Bertz CT molecular complexity index is 571. The largest absolute Gasteiger partial charge is 0.469 e. The lowest BCUT2D eigenvalue weighted by Gasteiger charge is -2.06. The van der Waals surface area contributed by atoms with Gasteiger partial charge in [-0.05, 0) is 29.5 Å². The van der Waals surface area contributed by atoms with E-state index in [9.17, 15) is 14.4 Å². The van der Waals surface area contributed by atoms with Gasteiger partial charge in [0, 0.05) is 12.6 Å². The van der Waals surface area contributed by atoms with Crippen molar-refractivity contribution in [2.75, 3.05) is 13.7 Å². The fourth-order valence-corrected chi connectivity index (χ4v) is 2.65. The van der Waals surface area contributed by atoms with Gasteiger partial charge in [0.05, 0.1) is 20.0 Å². The van der Waals surface area contributed by atoms with E-state index in [-0.39, 0.29) is 37.3 Å². The molecule has 2 rings (SSSR count). The van der Waals surface area contributed by atoms with Crippen LogP contribution in [0.1, 0.15) is 23.1 Å². The van der Waals surface area contributed by atoms with Gasteiger partial charge in [0.1, 0.15) is 0 Å². The minimum Gasteiger partial charge on any atom is -0.469 e. The third kappa shape index (κ3) is 4.31. The normalized spacial score (nSPS) is 15.8. The van der Waals surface area contributed by atoms with Gasteiger partial charge in [0.15, 0.2) is 0 Å². The monoisotopic (exact) mass is 304 g/mol. The topological polar surface area (TPSA) is 84.5 Å². The molecule has 0 fully saturated rings. The summed E-state index contributed by atoms with van der Waals surface area (Å²) in [6.45, 7) is 0.280. The maximum atomic E-state index is 11.8. The number of methoxy groups -OCH3 is 1. The van der Waals surface area contributed by atoms with Gasteiger partial charge in [0.25, 0.3) is 0 Å². The zero-order valence-electron chi connectivity index (χ0n) is 12.6. The van der Waals surface area contributed by atoms with Crippen molar-refractivity contribution in [1.82, 2.24) is 10.6 Å². The molecule has 6 nitrogen and oxygen atoms in total. The van der Waals surface area contributed by atoms with E-state index in [1.807, 2.05) is 18.2 Å². The summed E-state index contributed by atoms with van der Waals surface area (Å²) >= 11 is 0. The minimum atomic E-state index is -0.341. The number of rotatable bonds is 7. The number of hydrogen-bond acceptors (Lipinski definition) is 4. The Hall–Kier alpha value is -2.37. The second-order valence-corrected chi connectivity index (χ2v) is 5.35. The zero-order chi connectivity index (χ0) is 15.9. The Morgan fingerprint density at radius 3 is 2.82 bits per heavy atom. The van der Waals surface area contributed by atoms with Crippen LogP contribution >= 0.6 is 0 Å². The van der Waals surface area contributed by atoms with Crippen molar-refractivity contribution in [2.24, 2.45) is 0 Å². The summed E-state index contributed by atoms with van der Waals surface area (Å²) in [6, 6.07) is 6.11. The Labute approximate surface area is 129 Å². The molecule has 0 aliphatic heterocycles. The van der Waals surface area contributed by atoms with Gasteiger partial charge in [-0.1, -0.05) is 18.2 Å². The van der Waals surface area contributed by atoms with Gasteiger partial charge in [0.2, 0.25) is 12.3 Å². The van der Waals surface area contributed by atoms with Crippen molar-refractivity contribution in [3.63, 3.8) is 0 Å². The first-order valence-corrected chi connectivity index (χ1v) is 7.26. The Kier molecular flexibility index (Phi) is 5.52. The maximum Gasteiger partial charge on any atom is 0.307 e. The Balaban J connectivity index is 1.84. The number of esters is 1. The molecule has 1 aliphatic carbocycles.